The van der Waals surface area contributed by atoms with Gasteiger partial charge in [0.1, 0.15) is 0 Å². The molecule has 2 aromatic rings. The standard InChI is InChI=1S/C17H18N4/c18-13-14-5-7-15(8-6-14)20-9-11-21(12-10-20)17-4-2-1-3-16(17)19/h1-8H,9-12,19H2. The van der Waals surface area contributed by atoms with Crippen molar-refractivity contribution in [1.82, 2.24) is 0 Å². The van der Waals surface area contributed by atoms with E-state index in [0.717, 1.165) is 37.6 Å². The zero-order chi connectivity index (χ0) is 14.7. The molecule has 0 aliphatic carbocycles. The van der Waals surface area contributed by atoms with Gasteiger partial charge in [0.05, 0.1) is 23.0 Å². The van der Waals surface area contributed by atoms with Gasteiger partial charge in [-0.25, -0.2) is 0 Å². The average Bonchev–Trinajstić information content (AvgIpc) is 2.56. The van der Waals surface area contributed by atoms with E-state index in [-0.39, 0.29) is 0 Å². The predicted octanol–water partition coefficient (Wildman–Crippen LogP) is 2.47. The van der Waals surface area contributed by atoms with Crippen molar-refractivity contribution < 1.29 is 0 Å². The summed E-state index contributed by atoms with van der Waals surface area (Å²) in [7, 11) is 0. The quantitative estimate of drug-likeness (QED) is 0.857. The summed E-state index contributed by atoms with van der Waals surface area (Å²) in [4.78, 5) is 4.67. The molecular formula is C17H18N4. The van der Waals surface area contributed by atoms with Crippen molar-refractivity contribution in [3.05, 3.63) is 54.1 Å². The van der Waals surface area contributed by atoms with E-state index in [1.165, 1.54) is 5.69 Å². The third-order valence-electron chi connectivity index (χ3n) is 3.92. The summed E-state index contributed by atoms with van der Waals surface area (Å²) < 4.78 is 0. The van der Waals surface area contributed by atoms with Gasteiger partial charge in [0.15, 0.2) is 0 Å². The van der Waals surface area contributed by atoms with E-state index >= 15 is 0 Å². The summed E-state index contributed by atoms with van der Waals surface area (Å²) in [6.07, 6.45) is 0. The van der Waals surface area contributed by atoms with E-state index in [2.05, 4.69) is 21.9 Å². The highest BCUT2D eigenvalue weighted by Gasteiger charge is 2.18. The van der Waals surface area contributed by atoms with Crippen LogP contribution in [0.15, 0.2) is 48.5 Å². The Morgan fingerprint density at radius 1 is 0.857 bits per heavy atom. The molecule has 1 saturated heterocycles. The Bertz CT molecular complexity index is 649. The van der Waals surface area contributed by atoms with Crippen molar-refractivity contribution in [2.75, 3.05) is 41.7 Å². The molecule has 106 valence electrons. The molecule has 0 saturated carbocycles. The van der Waals surface area contributed by atoms with Crippen LogP contribution in [0.2, 0.25) is 0 Å². The van der Waals surface area contributed by atoms with Gasteiger partial charge in [-0.2, -0.15) is 5.26 Å². The van der Waals surface area contributed by atoms with Crippen molar-refractivity contribution in [2.24, 2.45) is 0 Å². The largest absolute Gasteiger partial charge is 0.397 e. The fraction of sp³-hybridized carbons (Fsp3) is 0.235. The second-order valence-electron chi connectivity index (χ2n) is 5.19. The van der Waals surface area contributed by atoms with Crippen molar-refractivity contribution >= 4 is 17.1 Å². The predicted molar refractivity (Wildman–Crippen MR) is 86.4 cm³/mol. The minimum atomic E-state index is 0.703. The van der Waals surface area contributed by atoms with E-state index in [9.17, 15) is 0 Å². The van der Waals surface area contributed by atoms with Crippen molar-refractivity contribution in [2.45, 2.75) is 0 Å². The molecule has 2 aromatic carbocycles. The molecule has 3 rings (SSSR count). The monoisotopic (exact) mass is 278 g/mol. The normalized spacial score (nSPS) is 14.8. The molecule has 1 aliphatic rings. The van der Waals surface area contributed by atoms with Gasteiger partial charge in [-0.15, -0.1) is 0 Å². The first-order valence-electron chi connectivity index (χ1n) is 7.12. The molecule has 21 heavy (non-hydrogen) atoms. The second kappa shape index (κ2) is 5.76. The zero-order valence-corrected chi connectivity index (χ0v) is 11.9. The summed E-state index contributed by atoms with van der Waals surface area (Å²) in [6, 6.07) is 17.9. The van der Waals surface area contributed by atoms with E-state index < -0.39 is 0 Å². The lowest BCUT2D eigenvalue weighted by Gasteiger charge is -2.37. The number of benzene rings is 2. The third kappa shape index (κ3) is 2.77. The van der Waals surface area contributed by atoms with Crippen molar-refractivity contribution in [1.29, 1.82) is 5.26 Å². The Morgan fingerprint density at radius 2 is 1.48 bits per heavy atom. The van der Waals surface area contributed by atoms with Crippen LogP contribution in [0.1, 0.15) is 5.56 Å². The number of nitrogens with two attached hydrogens (primary N) is 1. The van der Waals surface area contributed by atoms with E-state index in [1.54, 1.807) is 0 Å². The first kappa shape index (κ1) is 13.3. The number of anilines is 3. The number of piperazine rings is 1. The maximum absolute atomic E-state index is 8.84. The molecule has 0 aromatic heterocycles. The molecular weight excluding hydrogens is 260 g/mol. The van der Waals surface area contributed by atoms with Crippen LogP contribution in [0.4, 0.5) is 17.1 Å². The van der Waals surface area contributed by atoms with Crippen LogP contribution in [0.3, 0.4) is 0 Å². The van der Waals surface area contributed by atoms with Gasteiger partial charge in [-0.3, -0.25) is 0 Å². The maximum atomic E-state index is 8.84. The third-order valence-corrected chi connectivity index (χ3v) is 3.92. The molecule has 0 bridgehead atoms. The lowest BCUT2D eigenvalue weighted by atomic mass is 10.1. The highest BCUT2D eigenvalue weighted by molar-refractivity contribution is 5.68. The number of hydrogen-bond donors (Lipinski definition) is 1. The fourth-order valence-corrected chi connectivity index (χ4v) is 2.73. The molecule has 1 aliphatic heterocycles. The SMILES string of the molecule is N#Cc1ccc(N2CCN(c3ccccc3N)CC2)cc1. The summed E-state index contributed by atoms with van der Waals surface area (Å²) in [6.45, 7) is 3.82. The van der Waals surface area contributed by atoms with Gasteiger partial charge in [-0.1, -0.05) is 12.1 Å². The van der Waals surface area contributed by atoms with Gasteiger partial charge < -0.3 is 15.5 Å². The molecule has 1 fully saturated rings. The molecule has 1 heterocycles. The minimum absolute atomic E-state index is 0.703. The molecule has 0 amide bonds. The number of rotatable bonds is 2. The Kier molecular flexibility index (Phi) is 3.65. The number of nitrogens with zero attached hydrogens (tertiary/aromatic N) is 3. The van der Waals surface area contributed by atoms with E-state index in [0.29, 0.717) is 5.56 Å². The molecule has 4 heteroatoms. The highest BCUT2D eigenvalue weighted by atomic mass is 15.3. The first-order valence-corrected chi connectivity index (χ1v) is 7.12. The molecule has 0 atom stereocenters. The van der Waals surface area contributed by atoms with Gasteiger partial charge in [0.25, 0.3) is 0 Å². The molecule has 2 N–H and O–H groups in total. The van der Waals surface area contributed by atoms with Crippen molar-refractivity contribution in [3.63, 3.8) is 0 Å². The molecule has 0 unspecified atom stereocenters. The topological polar surface area (TPSA) is 56.3 Å². The van der Waals surface area contributed by atoms with Crippen LogP contribution in [0, 0.1) is 11.3 Å². The van der Waals surface area contributed by atoms with Gasteiger partial charge >= 0.3 is 0 Å². The fourth-order valence-electron chi connectivity index (χ4n) is 2.73. The summed E-state index contributed by atoms with van der Waals surface area (Å²) in [5.74, 6) is 0. The number of para-hydroxylation sites is 2. The number of nitriles is 1. The molecule has 4 nitrogen and oxygen atoms in total. The minimum Gasteiger partial charge on any atom is -0.397 e. The van der Waals surface area contributed by atoms with Gasteiger partial charge in [0, 0.05) is 31.9 Å². The van der Waals surface area contributed by atoms with Crippen LogP contribution < -0.4 is 15.5 Å². The highest BCUT2D eigenvalue weighted by Crippen LogP contribution is 2.25. The van der Waals surface area contributed by atoms with E-state index in [1.807, 2.05) is 42.5 Å². The van der Waals surface area contributed by atoms with Crippen LogP contribution in [0.5, 0.6) is 0 Å². The number of hydrogen-bond acceptors (Lipinski definition) is 4. The molecule has 0 radical (unpaired) electrons. The summed E-state index contributed by atoms with van der Waals surface area (Å²) in [5, 5.41) is 8.84. The van der Waals surface area contributed by atoms with Crippen LogP contribution in [-0.4, -0.2) is 26.2 Å². The Morgan fingerprint density at radius 3 is 2.10 bits per heavy atom. The Balaban J connectivity index is 1.67. The lowest BCUT2D eigenvalue weighted by Crippen LogP contribution is -2.46. The van der Waals surface area contributed by atoms with Crippen LogP contribution >= 0.6 is 0 Å². The molecule has 0 spiro atoms. The van der Waals surface area contributed by atoms with Gasteiger partial charge in [-0.05, 0) is 36.4 Å². The van der Waals surface area contributed by atoms with Crippen LogP contribution in [-0.2, 0) is 0 Å². The summed E-state index contributed by atoms with van der Waals surface area (Å²) >= 11 is 0. The maximum Gasteiger partial charge on any atom is 0.0991 e. The second-order valence-corrected chi connectivity index (χ2v) is 5.19. The average molecular weight is 278 g/mol. The van der Waals surface area contributed by atoms with E-state index in [4.69, 9.17) is 11.0 Å². The Hall–Kier alpha value is -2.67. The van der Waals surface area contributed by atoms with Gasteiger partial charge in [0.2, 0.25) is 0 Å². The van der Waals surface area contributed by atoms with Crippen LogP contribution in [0.25, 0.3) is 0 Å². The summed E-state index contributed by atoms with van der Waals surface area (Å²) in [5.41, 5.74) is 9.88. The smallest absolute Gasteiger partial charge is 0.0991 e. The lowest BCUT2D eigenvalue weighted by molar-refractivity contribution is 0.654. The Labute approximate surface area is 125 Å². The first-order chi connectivity index (χ1) is 10.3. The van der Waals surface area contributed by atoms with Crippen molar-refractivity contribution in [3.8, 4) is 6.07 Å². The number of nitrogen functional groups attached to an aromatic ring is 1. The zero-order valence-electron chi connectivity index (χ0n) is 11.9.